The van der Waals surface area contributed by atoms with Crippen LogP contribution in [0.25, 0.3) is 15.9 Å². The van der Waals surface area contributed by atoms with Gasteiger partial charge in [0.25, 0.3) is 0 Å². The number of rotatable bonds is 4. The number of pyridine rings is 1. The molecular weight excluding hydrogens is 395 g/mol. The van der Waals surface area contributed by atoms with Gasteiger partial charge < -0.3 is 19.9 Å². The van der Waals surface area contributed by atoms with Crippen molar-refractivity contribution in [2.45, 2.75) is 25.2 Å². The van der Waals surface area contributed by atoms with Gasteiger partial charge in [0.05, 0.1) is 43.0 Å². The molecule has 0 unspecified atom stereocenters. The van der Waals surface area contributed by atoms with E-state index < -0.39 is 12.2 Å². The van der Waals surface area contributed by atoms with Crippen LogP contribution in [0, 0.1) is 6.57 Å². The molecule has 1 fully saturated rings. The molecule has 0 amide bonds. The van der Waals surface area contributed by atoms with Crippen molar-refractivity contribution < 1.29 is 9.13 Å². The fourth-order valence-electron chi connectivity index (χ4n) is 3.49. The minimum absolute atomic E-state index is 0. The molecule has 2 atom stereocenters. The summed E-state index contributed by atoms with van der Waals surface area (Å²) in [5, 5.41) is 0. The zero-order chi connectivity index (χ0) is 19.7. The van der Waals surface area contributed by atoms with Crippen molar-refractivity contribution in [1.29, 1.82) is 0 Å². The van der Waals surface area contributed by atoms with Gasteiger partial charge in [-0.1, -0.05) is 6.07 Å². The molecule has 152 valence electrons. The number of fused-ring (bicyclic) bond motifs is 1. The van der Waals surface area contributed by atoms with Crippen LogP contribution in [0.1, 0.15) is 12.1 Å². The van der Waals surface area contributed by atoms with Crippen LogP contribution >= 0.6 is 12.4 Å². The van der Waals surface area contributed by atoms with Crippen LogP contribution in [0.2, 0.25) is 0 Å². The number of halogens is 2. The van der Waals surface area contributed by atoms with Gasteiger partial charge in [-0.15, -0.1) is 12.4 Å². The molecule has 1 aliphatic rings. The number of benzene rings is 1. The van der Waals surface area contributed by atoms with Gasteiger partial charge in [0.1, 0.15) is 11.9 Å². The number of hydrogen-bond acceptors (Lipinski definition) is 5. The molecule has 0 bridgehead atoms. The number of nitrogens with two attached hydrogens (primary N) is 1. The Labute approximate surface area is 174 Å². The molecular formula is C20H22ClFN6O. The van der Waals surface area contributed by atoms with Crippen molar-refractivity contribution in [3.8, 4) is 5.75 Å². The highest BCUT2D eigenvalue weighted by molar-refractivity contribution is 5.85. The number of imidazole rings is 1. The maximum Gasteiger partial charge on any atom is 0.206 e. The number of methoxy groups -OCH3 is 1. The highest BCUT2D eigenvalue weighted by Gasteiger charge is 2.29. The lowest BCUT2D eigenvalue weighted by Gasteiger charge is -2.34. The van der Waals surface area contributed by atoms with E-state index in [9.17, 15) is 4.39 Å². The Kier molecular flexibility index (Phi) is 6.20. The second kappa shape index (κ2) is 8.64. The molecule has 7 nitrogen and oxygen atoms in total. The van der Waals surface area contributed by atoms with Gasteiger partial charge in [0.2, 0.25) is 11.6 Å². The third kappa shape index (κ3) is 4.11. The van der Waals surface area contributed by atoms with Crippen LogP contribution in [0.15, 0.2) is 36.5 Å². The Morgan fingerprint density at radius 3 is 2.83 bits per heavy atom. The quantitative estimate of drug-likeness (QED) is 0.660. The van der Waals surface area contributed by atoms with Crippen LogP contribution < -0.4 is 15.4 Å². The normalized spacial score (nSPS) is 18.9. The lowest BCUT2D eigenvalue weighted by molar-refractivity contribution is 0.243. The number of ether oxygens (including phenoxy) is 1. The summed E-state index contributed by atoms with van der Waals surface area (Å²) in [7, 11) is 1.62. The van der Waals surface area contributed by atoms with Crippen molar-refractivity contribution in [3.05, 3.63) is 53.6 Å². The Bertz CT molecular complexity index is 1030. The number of piperidine rings is 1. The maximum absolute atomic E-state index is 13.9. The Balaban J connectivity index is 0.00000240. The molecule has 0 saturated carbocycles. The summed E-state index contributed by atoms with van der Waals surface area (Å²) in [5.74, 6) is 1.46. The molecule has 2 N–H and O–H groups in total. The van der Waals surface area contributed by atoms with E-state index in [-0.39, 0.29) is 12.4 Å². The van der Waals surface area contributed by atoms with E-state index in [0.29, 0.717) is 31.7 Å². The lowest BCUT2D eigenvalue weighted by atomic mass is 10.1. The molecule has 29 heavy (non-hydrogen) atoms. The number of anilines is 1. The van der Waals surface area contributed by atoms with E-state index in [0.717, 1.165) is 28.4 Å². The Morgan fingerprint density at radius 2 is 2.17 bits per heavy atom. The SMILES string of the molecule is Cl.[C-]#[N+]c1ccc(Cn2c(N3CC[C@H](F)[C@H](N)C3)nc3cc(OC)ccc32)nc1. The van der Waals surface area contributed by atoms with E-state index >= 15 is 0 Å². The van der Waals surface area contributed by atoms with Crippen LogP contribution in [0.4, 0.5) is 16.0 Å². The maximum atomic E-state index is 13.9. The van der Waals surface area contributed by atoms with Crippen molar-refractivity contribution >= 4 is 35.1 Å². The summed E-state index contributed by atoms with van der Waals surface area (Å²) in [5.41, 5.74) is 9.01. The van der Waals surface area contributed by atoms with Gasteiger partial charge in [-0.3, -0.25) is 4.98 Å². The average Bonchev–Trinajstić information content (AvgIpc) is 3.08. The van der Waals surface area contributed by atoms with Gasteiger partial charge in [0, 0.05) is 25.4 Å². The second-order valence-electron chi connectivity index (χ2n) is 6.89. The first-order valence-electron chi connectivity index (χ1n) is 9.10. The number of hydrogen-bond donors (Lipinski definition) is 1. The molecule has 9 heteroatoms. The monoisotopic (exact) mass is 416 g/mol. The number of nitrogens with zero attached hydrogens (tertiary/aromatic N) is 5. The molecule has 2 aromatic heterocycles. The zero-order valence-corrected chi connectivity index (χ0v) is 16.8. The summed E-state index contributed by atoms with van der Waals surface area (Å²) < 4.78 is 21.2. The molecule has 1 saturated heterocycles. The predicted molar refractivity (Wildman–Crippen MR) is 113 cm³/mol. The van der Waals surface area contributed by atoms with Crippen LogP contribution in [-0.2, 0) is 6.54 Å². The lowest BCUT2D eigenvalue weighted by Crippen LogP contribution is -2.50. The second-order valence-corrected chi connectivity index (χ2v) is 6.89. The molecule has 3 heterocycles. The average molecular weight is 417 g/mol. The first kappa shape index (κ1) is 20.8. The third-order valence-electron chi connectivity index (χ3n) is 5.05. The summed E-state index contributed by atoms with van der Waals surface area (Å²) in [4.78, 5) is 14.6. The number of alkyl halides is 1. The standard InChI is InChI=1S/C20H21FN6O.ClH/c1-23-13-3-4-14(24-10-13)11-27-19-6-5-15(28-2)9-18(19)25-20(27)26-8-7-16(21)17(22)12-26;/h3-6,9-10,16-17H,7-8,11-12,22H2,2H3;1H/t16-,17+;/m0./s1. The largest absolute Gasteiger partial charge is 0.497 e. The van der Waals surface area contributed by atoms with Gasteiger partial charge in [-0.2, -0.15) is 0 Å². The van der Waals surface area contributed by atoms with E-state index in [4.69, 9.17) is 22.0 Å². The van der Waals surface area contributed by atoms with Gasteiger partial charge in [-0.25, -0.2) is 14.2 Å². The molecule has 0 radical (unpaired) electrons. The van der Waals surface area contributed by atoms with Gasteiger partial charge in [0.15, 0.2) is 0 Å². The molecule has 1 aromatic carbocycles. The minimum atomic E-state index is -0.989. The summed E-state index contributed by atoms with van der Waals surface area (Å²) in [6.45, 7) is 8.52. The summed E-state index contributed by atoms with van der Waals surface area (Å²) >= 11 is 0. The van der Waals surface area contributed by atoms with Crippen LogP contribution in [-0.4, -0.2) is 46.9 Å². The molecule has 3 aromatic rings. The van der Waals surface area contributed by atoms with Crippen molar-refractivity contribution in [2.75, 3.05) is 25.1 Å². The van der Waals surface area contributed by atoms with E-state index in [2.05, 4.69) is 14.4 Å². The number of aromatic nitrogens is 3. The first-order chi connectivity index (χ1) is 13.6. The zero-order valence-electron chi connectivity index (χ0n) is 16.0. The summed E-state index contributed by atoms with van der Waals surface area (Å²) in [6.07, 6.45) is 0.956. The minimum Gasteiger partial charge on any atom is -0.497 e. The van der Waals surface area contributed by atoms with Gasteiger partial charge >= 0.3 is 0 Å². The topological polar surface area (TPSA) is 73.6 Å². The third-order valence-corrected chi connectivity index (χ3v) is 5.05. The van der Waals surface area contributed by atoms with E-state index in [1.165, 1.54) is 0 Å². The van der Waals surface area contributed by atoms with E-state index in [1.54, 1.807) is 19.4 Å². The molecule has 0 aliphatic carbocycles. The fourth-order valence-corrected chi connectivity index (χ4v) is 3.49. The Hall–Kier alpha value is -2.89. The molecule has 0 spiro atoms. The first-order valence-corrected chi connectivity index (χ1v) is 9.10. The van der Waals surface area contributed by atoms with Crippen molar-refractivity contribution in [3.63, 3.8) is 0 Å². The van der Waals surface area contributed by atoms with E-state index in [1.807, 2.05) is 29.2 Å². The van der Waals surface area contributed by atoms with Crippen molar-refractivity contribution in [2.24, 2.45) is 5.73 Å². The fraction of sp³-hybridized carbons (Fsp3) is 0.350. The van der Waals surface area contributed by atoms with Gasteiger partial charge in [-0.05, 0) is 24.6 Å². The predicted octanol–water partition coefficient (Wildman–Crippen LogP) is 3.34. The van der Waals surface area contributed by atoms with Crippen LogP contribution in [0.3, 0.4) is 0 Å². The summed E-state index contributed by atoms with van der Waals surface area (Å²) in [6, 6.07) is 8.78. The van der Waals surface area contributed by atoms with Crippen molar-refractivity contribution in [1.82, 2.24) is 14.5 Å². The molecule has 1 aliphatic heterocycles. The highest BCUT2D eigenvalue weighted by Crippen LogP contribution is 2.29. The highest BCUT2D eigenvalue weighted by atomic mass is 35.5. The Morgan fingerprint density at radius 1 is 1.34 bits per heavy atom. The smallest absolute Gasteiger partial charge is 0.206 e. The van der Waals surface area contributed by atoms with Crippen LogP contribution in [0.5, 0.6) is 5.75 Å². The molecule has 4 rings (SSSR count).